The summed E-state index contributed by atoms with van der Waals surface area (Å²) in [5.74, 6) is 0. The molecule has 6 heteroatoms. The maximum absolute atomic E-state index is 11.2. The summed E-state index contributed by atoms with van der Waals surface area (Å²) in [5, 5.41) is 0.595. The van der Waals surface area contributed by atoms with Crippen LogP contribution in [0.2, 0.25) is 0 Å². The number of ether oxygens (including phenoxy) is 1. The Labute approximate surface area is 80.7 Å². The van der Waals surface area contributed by atoms with Crippen LogP contribution in [0.3, 0.4) is 0 Å². The summed E-state index contributed by atoms with van der Waals surface area (Å²) in [4.78, 5) is 36.5. The molecule has 0 saturated carbocycles. The number of amides is 1. The van der Waals surface area contributed by atoms with Crippen LogP contribution in [-0.2, 0) is 19.2 Å². The first kappa shape index (κ1) is 10.6. The highest BCUT2D eigenvalue weighted by Crippen LogP contribution is 2.32. The van der Waals surface area contributed by atoms with Crippen LogP contribution in [0, 0.1) is 0 Å². The third-order valence-electron chi connectivity index (χ3n) is 1.42. The fraction of sp³-hybridized carbons (Fsp3) is 0.625. The fourth-order valence-corrected chi connectivity index (χ4v) is 0.776. The molecule has 1 amide bonds. The summed E-state index contributed by atoms with van der Waals surface area (Å²) in [6, 6.07) is 0. The van der Waals surface area contributed by atoms with Crippen molar-refractivity contribution in [3.05, 3.63) is 0 Å². The van der Waals surface area contributed by atoms with E-state index >= 15 is 0 Å². The van der Waals surface area contributed by atoms with Crippen LogP contribution in [-0.4, -0.2) is 35.1 Å². The van der Waals surface area contributed by atoms with Crippen molar-refractivity contribution in [2.45, 2.75) is 32.1 Å². The molecule has 0 aliphatic carbocycles. The predicted octanol–water partition coefficient (Wildman–Crippen LogP) is 0.263. The number of carbonyl (C=O) groups excluding carboxylic acids is 3. The molecule has 0 unspecified atom stereocenters. The quantitative estimate of drug-likeness (QED) is 0.364. The Morgan fingerprint density at radius 1 is 1.36 bits per heavy atom. The molecule has 1 aliphatic rings. The Kier molecular flexibility index (Phi) is 2.32. The molecule has 1 fully saturated rings. The lowest BCUT2D eigenvalue weighted by molar-refractivity contribution is -0.121. The molecule has 0 atom stereocenters. The second-order valence-corrected chi connectivity index (χ2v) is 3.85. The summed E-state index contributed by atoms with van der Waals surface area (Å²) >= 11 is 0. The van der Waals surface area contributed by atoms with E-state index in [2.05, 4.69) is 4.84 Å². The molecular formula is C8H11NO5. The van der Waals surface area contributed by atoms with Crippen molar-refractivity contribution >= 4 is 18.7 Å². The average molecular weight is 201 g/mol. The van der Waals surface area contributed by atoms with Gasteiger partial charge in [0.2, 0.25) is 0 Å². The fourth-order valence-electron chi connectivity index (χ4n) is 0.776. The topological polar surface area (TPSA) is 76.0 Å². The Balaban J connectivity index is 2.59. The molecule has 78 valence electrons. The summed E-state index contributed by atoms with van der Waals surface area (Å²) in [7, 11) is 0. The third-order valence-corrected chi connectivity index (χ3v) is 1.42. The van der Waals surface area contributed by atoms with Gasteiger partial charge in [-0.05, 0) is 20.8 Å². The lowest BCUT2D eigenvalue weighted by Gasteiger charge is -2.18. The molecule has 0 aromatic rings. The van der Waals surface area contributed by atoms with Crippen LogP contribution in [0.25, 0.3) is 0 Å². The second kappa shape index (κ2) is 3.06. The van der Waals surface area contributed by atoms with E-state index in [1.165, 1.54) is 0 Å². The van der Waals surface area contributed by atoms with E-state index in [-0.39, 0.29) is 12.6 Å². The van der Waals surface area contributed by atoms with Crippen molar-refractivity contribution in [3.8, 4) is 0 Å². The molecule has 1 rings (SSSR count). The molecule has 0 radical (unpaired) electrons. The summed E-state index contributed by atoms with van der Waals surface area (Å²) in [6.45, 7) is 4.99. The van der Waals surface area contributed by atoms with E-state index in [1.807, 2.05) is 0 Å². The first-order valence-electron chi connectivity index (χ1n) is 4.00. The highest BCUT2D eigenvalue weighted by atomic mass is 16.9. The lowest BCUT2D eigenvalue weighted by Crippen LogP contribution is -2.32. The maximum atomic E-state index is 11.2. The molecular weight excluding hydrogens is 190 g/mol. The molecule has 1 heterocycles. The lowest BCUT2D eigenvalue weighted by atomic mass is 10.2. The first-order chi connectivity index (χ1) is 6.34. The number of hydrogen-bond acceptors (Lipinski definition) is 5. The van der Waals surface area contributed by atoms with Crippen LogP contribution in [0.15, 0.2) is 0 Å². The van der Waals surface area contributed by atoms with E-state index in [1.54, 1.807) is 20.8 Å². The number of rotatable bonds is 2. The van der Waals surface area contributed by atoms with Gasteiger partial charge in [0.05, 0.1) is 0 Å². The second-order valence-electron chi connectivity index (χ2n) is 3.85. The minimum absolute atomic E-state index is 0.240. The first-order valence-corrected chi connectivity index (χ1v) is 4.00. The van der Waals surface area contributed by atoms with Gasteiger partial charge in [0, 0.05) is 0 Å². The zero-order valence-electron chi connectivity index (χ0n) is 8.14. The predicted molar refractivity (Wildman–Crippen MR) is 44.0 cm³/mol. The normalized spacial score (nSPS) is 18.6. The SMILES string of the molecule is CC(C)(C)OC(=O)N1OC1(C=O)C=O. The van der Waals surface area contributed by atoms with Gasteiger partial charge in [-0.1, -0.05) is 0 Å². The highest BCUT2D eigenvalue weighted by molar-refractivity contribution is 5.94. The van der Waals surface area contributed by atoms with Crippen molar-refractivity contribution in [1.82, 2.24) is 5.06 Å². The standard InChI is InChI=1S/C8H11NO5/c1-7(2,3)13-6(12)9-8(4-10,5-11)14-9/h4-5H,1-3H3. The molecule has 0 spiro atoms. The number of aldehydes is 2. The number of carbonyl (C=O) groups is 3. The van der Waals surface area contributed by atoms with Gasteiger partial charge in [0.15, 0.2) is 12.6 Å². The third kappa shape index (κ3) is 1.90. The van der Waals surface area contributed by atoms with E-state index < -0.39 is 17.4 Å². The van der Waals surface area contributed by atoms with Gasteiger partial charge in [0.25, 0.3) is 0 Å². The average Bonchev–Trinajstić information content (AvgIpc) is 2.76. The summed E-state index contributed by atoms with van der Waals surface area (Å²) < 4.78 is 4.86. The number of hydroxylamine groups is 2. The van der Waals surface area contributed by atoms with Crippen molar-refractivity contribution in [1.29, 1.82) is 0 Å². The zero-order valence-corrected chi connectivity index (χ0v) is 8.14. The zero-order chi connectivity index (χ0) is 11.0. The Hall–Kier alpha value is -1.43. The van der Waals surface area contributed by atoms with Crippen molar-refractivity contribution < 1.29 is 24.0 Å². The molecule has 0 aromatic heterocycles. The highest BCUT2D eigenvalue weighted by Gasteiger charge is 2.61. The van der Waals surface area contributed by atoms with Crippen LogP contribution in [0.4, 0.5) is 4.79 Å². The number of hydrogen-bond donors (Lipinski definition) is 0. The van der Waals surface area contributed by atoms with Gasteiger partial charge in [0.1, 0.15) is 5.60 Å². The smallest absolute Gasteiger partial charge is 0.438 e. The van der Waals surface area contributed by atoms with E-state index in [0.29, 0.717) is 5.06 Å². The van der Waals surface area contributed by atoms with Crippen LogP contribution in [0.5, 0.6) is 0 Å². The van der Waals surface area contributed by atoms with E-state index in [9.17, 15) is 14.4 Å². The molecule has 0 N–H and O–H groups in total. The minimum atomic E-state index is -1.76. The van der Waals surface area contributed by atoms with Crippen LogP contribution >= 0.6 is 0 Å². The Morgan fingerprint density at radius 2 is 1.86 bits per heavy atom. The van der Waals surface area contributed by atoms with Gasteiger partial charge in [-0.15, -0.1) is 5.06 Å². The van der Waals surface area contributed by atoms with Gasteiger partial charge in [-0.25, -0.2) is 9.63 Å². The molecule has 1 saturated heterocycles. The summed E-state index contributed by atoms with van der Waals surface area (Å²) in [6.07, 6.45) is -0.370. The number of nitrogens with zero attached hydrogens (tertiary/aromatic N) is 1. The molecule has 14 heavy (non-hydrogen) atoms. The van der Waals surface area contributed by atoms with Crippen molar-refractivity contribution in [2.24, 2.45) is 0 Å². The maximum Gasteiger partial charge on any atom is 0.438 e. The van der Waals surface area contributed by atoms with Gasteiger partial charge in [-0.3, -0.25) is 9.59 Å². The van der Waals surface area contributed by atoms with Gasteiger partial charge in [-0.2, -0.15) is 0 Å². The largest absolute Gasteiger partial charge is 0.442 e. The van der Waals surface area contributed by atoms with Gasteiger partial charge < -0.3 is 4.74 Å². The molecule has 0 aromatic carbocycles. The Morgan fingerprint density at radius 3 is 2.14 bits per heavy atom. The van der Waals surface area contributed by atoms with E-state index in [0.717, 1.165) is 0 Å². The molecule has 6 nitrogen and oxygen atoms in total. The molecule has 0 bridgehead atoms. The van der Waals surface area contributed by atoms with Crippen molar-refractivity contribution in [3.63, 3.8) is 0 Å². The van der Waals surface area contributed by atoms with E-state index in [4.69, 9.17) is 4.74 Å². The Bertz CT molecular complexity index is 272. The van der Waals surface area contributed by atoms with Crippen molar-refractivity contribution in [2.75, 3.05) is 0 Å². The minimum Gasteiger partial charge on any atom is -0.442 e. The monoisotopic (exact) mass is 201 g/mol. The van der Waals surface area contributed by atoms with Gasteiger partial charge >= 0.3 is 11.8 Å². The van der Waals surface area contributed by atoms with Crippen LogP contribution < -0.4 is 0 Å². The van der Waals surface area contributed by atoms with Crippen LogP contribution in [0.1, 0.15) is 20.8 Å². The summed E-state index contributed by atoms with van der Waals surface area (Å²) in [5.41, 5.74) is -2.46. The molecule has 1 aliphatic heterocycles.